The molecule has 4 atom stereocenters. The zero-order valence-electron chi connectivity index (χ0n) is 29.4. The monoisotopic (exact) mass is 679 g/mol. The number of aliphatic hydroxyl groups is 2. The number of fused-ring (bicyclic) bond motifs is 9. The SMILES string of the molecule is COCCCN(CC1(O)CCC2c3ccc(cc3C(=O)c3ccco3)CC(O)CCC(C)=CCCC21C)C(=O)Oc1ccc2ccccc2c1. The second-order valence-electron chi connectivity index (χ2n) is 14.4. The Hall–Kier alpha value is -4.24. The number of amides is 1. The molecule has 1 saturated carbocycles. The number of allylic oxidation sites excluding steroid dienone is 2. The molecule has 7 rings (SSSR count). The van der Waals surface area contributed by atoms with Crippen molar-refractivity contribution in [2.24, 2.45) is 5.41 Å². The van der Waals surface area contributed by atoms with Crippen LogP contribution in [0.4, 0.5) is 4.79 Å². The van der Waals surface area contributed by atoms with Gasteiger partial charge in [0, 0.05) is 31.2 Å². The first-order valence-electron chi connectivity index (χ1n) is 17.8. The molecule has 4 unspecified atom stereocenters. The number of ether oxygens (including phenoxy) is 2. The van der Waals surface area contributed by atoms with Crippen LogP contribution in [0.1, 0.15) is 92.0 Å². The van der Waals surface area contributed by atoms with E-state index in [2.05, 4.69) is 19.9 Å². The van der Waals surface area contributed by atoms with Crippen molar-refractivity contribution in [3.63, 3.8) is 0 Å². The van der Waals surface area contributed by atoms with Gasteiger partial charge < -0.3 is 29.0 Å². The molecule has 0 saturated heterocycles. The standard InChI is InChI=1S/C42H49NO7/c1-29-9-6-20-41(2)37(35-18-14-30(25-33(44)16-13-29)26-36(35)39(45)38-12-7-24-49-38)19-21-42(41,47)28-43(22-8-23-48-3)40(46)50-34-17-15-31-10-4-5-11-32(31)27-34/h4-5,7,9-12,14-15,17-18,24,26-27,33,37,44,47H,6,8,13,16,19-23,25,28H2,1-3H3. The lowest BCUT2D eigenvalue weighted by Crippen LogP contribution is -2.54. The minimum Gasteiger partial charge on any atom is -0.461 e. The van der Waals surface area contributed by atoms with Crippen LogP contribution >= 0.6 is 0 Å². The number of nitrogens with zero attached hydrogens (tertiary/aromatic N) is 1. The van der Waals surface area contributed by atoms with Gasteiger partial charge in [0.15, 0.2) is 5.76 Å². The van der Waals surface area contributed by atoms with Crippen molar-refractivity contribution in [1.82, 2.24) is 4.90 Å². The molecule has 0 aliphatic heterocycles. The van der Waals surface area contributed by atoms with Gasteiger partial charge in [-0.2, -0.15) is 0 Å². The van der Waals surface area contributed by atoms with Crippen molar-refractivity contribution >= 4 is 22.6 Å². The van der Waals surface area contributed by atoms with Crippen molar-refractivity contribution in [3.05, 3.63) is 113 Å². The normalized spacial score (nSPS) is 24.0. The van der Waals surface area contributed by atoms with Gasteiger partial charge >= 0.3 is 6.09 Å². The first-order chi connectivity index (χ1) is 24.1. The highest BCUT2D eigenvalue weighted by Gasteiger charge is 2.57. The van der Waals surface area contributed by atoms with Gasteiger partial charge in [0.1, 0.15) is 5.75 Å². The van der Waals surface area contributed by atoms with Gasteiger partial charge in [0.2, 0.25) is 5.78 Å². The molecule has 264 valence electrons. The molecule has 0 radical (unpaired) electrons. The molecule has 1 amide bonds. The van der Waals surface area contributed by atoms with E-state index in [0.29, 0.717) is 69.4 Å². The number of methoxy groups -OCH3 is 1. The molecule has 4 aromatic rings. The third kappa shape index (κ3) is 7.58. The van der Waals surface area contributed by atoms with Crippen molar-refractivity contribution in [2.45, 2.75) is 82.8 Å². The van der Waals surface area contributed by atoms with Crippen LogP contribution in [-0.4, -0.2) is 65.5 Å². The van der Waals surface area contributed by atoms with E-state index in [1.165, 1.54) is 11.8 Å². The molecule has 3 aliphatic rings. The van der Waals surface area contributed by atoms with Gasteiger partial charge in [-0.3, -0.25) is 4.79 Å². The maximum atomic E-state index is 14.0. The molecule has 1 fully saturated rings. The number of furan rings is 1. The third-order valence-electron chi connectivity index (χ3n) is 11.1. The number of benzene rings is 3. The number of aliphatic hydroxyl groups excluding tert-OH is 1. The summed E-state index contributed by atoms with van der Waals surface area (Å²) in [5.41, 5.74) is 1.46. The molecule has 3 aromatic carbocycles. The molecule has 1 aromatic heterocycles. The summed E-state index contributed by atoms with van der Waals surface area (Å²) in [6, 6.07) is 22.8. The summed E-state index contributed by atoms with van der Waals surface area (Å²) in [6.07, 6.45) is 7.46. The lowest BCUT2D eigenvalue weighted by Gasteiger charge is -2.46. The van der Waals surface area contributed by atoms with E-state index < -0.39 is 23.2 Å². The summed E-state index contributed by atoms with van der Waals surface area (Å²) in [7, 11) is 1.63. The Morgan fingerprint density at radius 1 is 1.00 bits per heavy atom. The fraction of sp³-hybridized carbons (Fsp3) is 0.429. The van der Waals surface area contributed by atoms with Crippen LogP contribution in [0.2, 0.25) is 0 Å². The van der Waals surface area contributed by atoms with Crippen molar-refractivity contribution < 1.29 is 33.7 Å². The van der Waals surface area contributed by atoms with E-state index in [1.807, 2.05) is 54.6 Å². The quantitative estimate of drug-likeness (QED) is 0.104. The number of rotatable bonds is 9. The molecule has 0 spiro atoms. The maximum Gasteiger partial charge on any atom is 0.415 e. The van der Waals surface area contributed by atoms with Gasteiger partial charge in [-0.15, -0.1) is 0 Å². The Morgan fingerprint density at radius 2 is 1.82 bits per heavy atom. The topological polar surface area (TPSA) is 109 Å². The number of carbonyl (C=O) groups is 2. The smallest absolute Gasteiger partial charge is 0.415 e. The molecular weight excluding hydrogens is 630 g/mol. The number of hydrogen-bond acceptors (Lipinski definition) is 7. The van der Waals surface area contributed by atoms with E-state index in [-0.39, 0.29) is 24.0 Å². The van der Waals surface area contributed by atoms with Crippen LogP contribution in [0.3, 0.4) is 0 Å². The predicted octanol–water partition coefficient (Wildman–Crippen LogP) is 8.24. The van der Waals surface area contributed by atoms with Gasteiger partial charge in [-0.05, 0) is 116 Å². The van der Waals surface area contributed by atoms with E-state index in [0.717, 1.165) is 28.3 Å². The second kappa shape index (κ2) is 15.3. The highest BCUT2D eigenvalue weighted by molar-refractivity contribution is 6.08. The third-order valence-corrected chi connectivity index (χ3v) is 11.1. The Kier molecular flexibility index (Phi) is 10.9. The molecule has 8 heteroatoms. The van der Waals surface area contributed by atoms with Gasteiger partial charge in [-0.1, -0.05) is 61.0 Å². The van der Waals surface area contributed by atoms with Crippen molar-refractivity contribution in [3.8, 4) is 5.75 Å². The van der Waals surface area contributed by atoms with Gasteiger partial charge in [0.25, 0.3) is 0 Å². The van der Waals surface area contributed by atoms with E-state index >= 15 is 0 Å². The van der Waals surface area contributed by atoms with Crippen molar-refractivity contribution in [2.75, 3.05) is 26.8 Å². The first-order valence-corrected chi connectivity index (χ1v) is 17.8. The van der Waals surface area contributed by atoms with E-state index in [1.54, 1.807) is 30.2 Å². The highest BCUT2D eigenvalue weighted by atomic mass is 16.6. The minimum atomic E-state index is -1.29. The largest absolute Gasteiger partial charge is 0.461 e. The van der Waals surface area contributed by atoms with Crippen LogP contribution in [0.5, 0.6) is 5.75 Å². The van der Waals surface area contributed by atoms with Gasteiger partial charge in [-0.25, -0.2) is 4.79 Å². The Bertz CT molecular complexity index is 1830. The van der Waals surface area contributed by atoms with Crippen LogP contribution < -0.4 is 4.74 Å². The zero-order chi connectivity index (χ0) is 35.3. The molecule has 8 nitrogen and oxygen atoms in total. The number of hydrogen-bond donors (Lipinski definition) is 2. The average Bonchev–Trinajstić information content (AvgIpc) is 3.73. The summed E-state index contributed by atoms with van der Waals surface area (Å²) < 4.78 is 16.9. The highest BCUT2D eigenvalue weighted by Crippen LogP contribution is 2.59. The first kappa shape index (κ1) is 35.6. The number of ketones is 1. The van der Waals surface area contributed by atoms with E-state index in [4.69, 9.17) is 13.9 Å². The summed E-state index contributed by atoms with van der Waals surface area (Å²) in [5.74, 6) is 0.286. The Morgan fingerprint density at radius 3 is 2.60 bits per heavy atom. The average molecular weight is 680 g/mol. The summed E-state index contributed by atoms with van der Waals surface area (Å²) in [5, 5.41) is 25.8. The number of carbonyl (C=O) groups excluding carboxylic acids is 2. The van der Waals surface area contributed by atoms with Gasteiger partial charge in [0.05, 0.1) is 24.5 Å². The predicted molar refractivity (Wildman–Crippen MR) is 194 cm³/mol. The second-order valence-corrected chi connectivity index (χ2v) is 14.4. The fourth-order valence-electron chi connectivity index (χ4n) is 8.08. The maximum absolute atomic E-state index is 14.0. The molecule has 50 heavy (non-hydrogen) atoms. The van der Waals surface area contributed by atoms with Crippen molar-refractivity contribution in [1.29, 1.82) is 0 Å². The molecule has 2 N–H and O–H groups in total. The van der Waals surface area contributed by atoms with Crippen LogP contribution in [0, 0.1) is 5.41 Å². The molecule has 2 bridgehead atoms. The van der Waals surface area contributed by atoms with E-state index in [9.17, 15) is 19.8 Å². The zero-order valence-corrected chi connectivity index (χ0v) is 29.4. The Balaban J connectivity index is 1.36. The summed E-state index contributed by atoms with van der Waals surface area (Å²) >= 11 is 0. The van der Waals surface area contributed by atoms with Crippen LogP contribution in [0.25, 0.3) is 10.8 Å². The minimum absolute atomic E-state index is 0.0740. The van der Waals surface area contributed by atoms with Crippen LogP contribution in [0.15, 0.2) is 95.1 Å². The Labute approximate surface area is 294 Å². The fourth-order valence-corrected chi connectivity index (χ4v) is 8.08. The van der Waals surface area contributed by atoms with Crippen LogP contribution in [-0.2, 0) is 11.2 Å². The molecular formula is C42H49NO7. The summed E-state index contributed by atoms with van der Waals surface area (Å²) in [4.78, 5) is 29.5. The lowest BCUT2D eigenvalue weighted by atomic mass is 9.64. The molecule has 3 aliphatic carbocycles. The summed E-state index contributed by atoms with van der Waals surface area (Å²) in [6.45, 7) is 5.08. The molecule has 1 heterocycles. The lowest BCUT2D eigenvalue weighted by molar-refractivity contribution is -0.0795.